The Balaban J connectivity index is 1.21. The molecule has 0 spiro atoms. The number of likely N-dealkylation sites (tertiary alicyclic amines) is 1. The first-order valence-corrected chi connectivity index (χ1v) is 15.7. The number of amides is 3. The maximum Gasteiger partial charge on any atom is 0.323 e. The van der Waals surface area contributed by atoms with Crippen molar-refractivity contribution in [3.8, 4) is 5.75 Å². The van der Waals surface area contributed by atoms with Gasteiger partial charge in [-0.2, -0.15) is 0 Å². The first-order valence-electron chi connectivity index (χ1n) is 15.4. The molecule has 3 unspecified atom stereocenters. The topological polar surface area (TPSA) is 106 Å². The number of hydrogen-bond acceptors (Lipinski definition) is 6. The second-order valence-corrected chi connectivity index (χ2v) is 12.3. The Morgan fingerprint density at radius 2 is 1.67 bits per heavy atom. The molecule has 3 atom stereocenters. The lowest BCUT2D eigenvalue weighted by Gasteiger charge is -2.35. The fourth-order valence-corrected chi connectivity index (χ4v) is 7.22. The molecule has 0 bridgehead atoms. The molecule has 2 aliphatic carbocycles. The Morgan fingerprint density at radius 1 is 0.930 bits per heavy atom. The van der Waals surface area contributed by atoms with Crippen molar-refractivity contribution in [2.45, 2.75) is 82.4 Å². The maximum absolute atomic E-state index is 13.9. The summed E-state index contributed by atoms with van der Waals surface area (Å²) in [7, 11) is 2.98. The van der Waals surface area contributed by atoms with Gasteiger partial charge in [-0.3, -0.25) is 9.59 Å². The van der Waals surface area contributed by atoms with Crippen LogP contribution in [0.4, 0.5) is 16.2 Å². The molecule has 10 heteroatoms. The number of fused-ring (bicyclic) bond motifs is 1. The number of benzene rings is 2. The fraction of sp³-hybridized carbons (Fsp3) is 0.545. The third kappa shape index (κ3) is 7.62. The van der Waals surface area contributed by atoms with Crippen molar-refractivity contribution in [2.24, 2.45) is 11.8 Å². The number of carbonyl (C=O) groups excluding carboxylic acids is 3. The summed E-state index contributed by atoms with van der Waals surface area (Å²) in [6.45, 7) is 0.527. The van der Waals surface area contributed by atoms with Crippen molar-refractivity contribution < 1.29 is 28.6 Å². The van der Waals surface area contributed by atoms with Gasteiger partial charge in [0.25, 0.3) is 0 Å². The zero-order valence-corrected chi connectivity index (χ0v) is 25.7. The lowest BCUT2D eigenvalue weighted by atomic mass is 9.84. The van der Waals surface area contributed by atoms with E-state index in [0.717, 1.165) is 56.9 Å². The molecule has 2 saturated carbocycles. The molecular weight excluding hydrogens is 570 g/mol. The van der Waals surface area contributed by atoms with Crippen LogP contribution >= 0.6 is 11.6 Å². The van der Waals surface area contributed by atoms with E-state index in [1.54, 1.807) is 30.3 Å². The molecule has 232 valence electrons. The van der Waals surface area contributed by atoms with E-state index in [9.17, 15) is 14.4 Å². The summed E-state index contributed by atoms with van der Waals surface area (Å²) < 4.78 is 16.9. The molecule has 43 heavy (non-hydrogen) atoms. The highest BCUT2D eigenvalue weighted by atomic mass is 35.5. The monoisotopic (exact) mass is 611 g/mol. The molecule has 0 aromatic heterocycles. The van der Waals surface area contributed by atoms with Crippen LogP contribution in [0.25, 0.3) is 0 Å². The average Bonchev–Trinajstić information content (AvgIpc) is 3.40. The number of ether oxygens (including phenoxy) is 3. The standard InChI is InChI=1S/C33H42ClN3O6/c1-41-30-17-21(11-16-28(30)36-33(40)35-27-9-5-4-8-26(27)34)18-31(38)37-24(19-23-7-3-6-10-29(23)37)20-43-25-14-12-22(13-15-25)32(39)42-2/h4-5,8-9,11,16-17,22-25,29H,3,6-7,10,12-15,18-20H2,1-2H3,(H2,35,36,40)/t22-,23?,24?,25+,29?. The number of nitrogens with one attached hydrogen (secondary N) is 2. The summed E-state index contributed by atoms with van der Waals surface area (Å²) in [5.41, 5.74) is 1.81. The van der Waals surface area contributed by atoms with E-state index in [4.69, 9.17) is 25.8 Å². The molecule has 1 heterocycles. The lowest BCUT2D eigenvalue weighted by Crippen LogP contribution is -2.46. The van der Waals surface area contributed by atoms with Gasteiger partial charge < -0.3 is 29.7 Å². The van der Waals surface area contributed by atoms with Gasteiger partial charge in [0.05, 0.1) is 61.7 Å². The normalized spacial score (nSPS) is 25.0. The van der Waals surface area contributed by atoms with Crippen LogP contribution < -0.4 is 15.4 Å². The predicted molar refractivity (Wildman–Crippen MR) is 166 cm³/mol. The molecule has 2 aromatic rings. The number of anilines is 2. The van der Waals surface area contributed by atoms with Gasteiger partial charge in [-0.25, -0.2) is 4.79 Å². The number of halogens is 1. The molecule has 1 saturated heterocycles. The molecule has 2 N–H and O–H groups in total. The first-order chi connectivity index (χ1) is 20.9. The quantitative estimate of drug-likeness (QED) is 0.316. The molecule has 3 aliphatic rings. The summed E-state index contributed by atoms with van der Waals surface area (Å²) in [5.74, 6) is 0.915. The minimum Gasteiger partial charge on any atom is -0.495 e. The second-order valence-electron chi connectivity index (χ2n) is 11.9. The minimum atomic E-state index is -0.447. The summed E-state index contributed by atoms with van der Waals surface area (Å²) in [4.78, 5) is 40.5. The van der Waals surface area contributed by atoms with E-state index in [1.165, 1.54) is 20.6 Å². The Morgan fingerprint density at radius 3 is 2.42 bits per heavy atom. The predicted octanol–water partition coefficient (Wildman–Crippen LogP) is 6.44. The van der Waals surface area contributed by atoms with Gasteiger partial charge in [0.1, 0.15) is 5.75 Å². The number of hydrogen-bond donors (Lipinski definition) is 2. The average molecular weight is 612 g/mol. The largest absolute Gasteiger partial charge is 0.495 e. The highest BCUT2D eigenvalue weighted by Crippen LogP contribution is 2.41. The number of para-hydroxylation sites is 1. The van der Waals surface area contributed by atoms with E-state index < -0.39 is 6.03 Å². The summed E-state index contributed by atoms with van der Waals surface area (Å²) >= 11 is 6.16. The van der Waals surface area contributed by atoms with E-state index in [2.05, 4.69) is 15.5 Å². The van der Waals surface area contributed by atoms with Crippen LogP contribution in [-0.2, 0) is 25.5 Å². The van der Waals surface area contributed by atoms with E-state index in [1.807, 2.05) is 12.1 Å². The lowest BCUT2D eigenvalue weighted by molar-refractivity contribution is -0.148. The van der Waals surface area contributed by atoms with Crippen molar-refractivity contribution in [3.05, 3.63) is 53.1 Å². The summed E-state index contributed by atoms with van der Waals surface area (Å²) in [6, 6.07) is 12.3. The zero-order chi connectivity index (χ0) is 30.3. The third-order valence-electron chi connectivity index (χ3n) is 9.21. The van der Waals surface area contributed by atoms with Crippen molar-refractivity contribution in [3.63, 3.8) is 0 Å². The van der Waals surface area contributed by atoms with Crippen LogP contribution in [0.15, 0.2) is 42.5 Å². The molecule has 0 radical (unpaired) electrons. The first kappa shape index (κ1) is 31.1. The number of carbonyl (C=O) groups is 3. The van der Waals surface area contributed by atoms with Crippen LogP contribution in [-0.4, -0.2) is 61.8 Å². The van der Waals surface area contributed by atoms with Crippen molar-refractivity contribution in [1.29, 1.82) is 0 Å². The van der Waals surface area contributed by atoms with Crippen molar-refractivity contribution in [1.82, 2.24) is 4.90 Å². The second kappa shape index (κ2) is 14.4. The zero-order valence-electron chi connectivity index (χ0n) is 25.0. The third-order valence-corrected chi connectivity index (χ3v) is 9.54. The van der Waals surface area contributed by atoms with E-state index in [-0.39, 0.29) is 42.4 Å². The number of esters is 1. The fourth-order valence-electron chi connectivity index (χ4n) is 7.03. The highest BCUT2D eigenvalue weighted by Gasteiger charge is 2.44. The highest BCUT2D eigenvalue weighted by molar-refractivity contribution is 6.33. The molecule has 3 amide bonds. The van der Waals surface area contributed by atoms with E-state index >= 15 is 0 Å². The molecule has 2 aromatic carbocycles. The molecule has 1 aliphatic heterocycles. The number of rotatable bonds is 9. The van der Waals surface area contributed by atoms with Crippen LogP contribution in [0.2, 0.25) is 5.02 Å². The van der Waals surface area contributed by atoms with E-state index in [0.29, 0.717) is 34.7 Å². The van der Waals surface area contributed by atoms with Crippen LogP contribution in [0, 0.1) is 11.8 Å². The Bertz CT molecular complexity index is 1300. The van der Waals surface area contributed by atoms with Gasteiger partial charge in [-0.1, -0.05) is 42.6 Å². The maximum atomic E-state index is 13.9. The Labute approximate surface area is 258 Å². The minimum absolute atomic E-state index is 0.0346. The smallest absolute Gasteiger partial charge is 0.323 e. The number of methoxy groups -OCH3 is 2. The van der Waals surface area contributed by atoms with Crippen molar-refractivity contribution >= 4 is 40.9 Å². The van der Waals surface area contributed by atoms with Gasteiger partial charge in [0, 0.05) is 6.04 Å². The van der Waals surface area contributed by atoms with Crippen LogP contribution in [0.3, 0.4) is 0 Å². The van der Waals surface area contributed by atoms with Gasteiger partial charge in [0.15, 0.2) is 0 Å². The molecule has 5 rings (SSSR count). The molecular formula is C33H42ClN3O6. The van der Waals surface area contributed by atoms with Crippen molar-refractivity contribution in [2.75, 3.05) is 31.5 Å². The van der Waals surface area contributed by atoms with Gasteiger partial charge in [0.2, 0.25) is 5.91 Å². The molecule has 3 fully saturated rings. The number of urea groups is 1. The Kier molecular flexibility index (Phi) is 10.5. The number of nitrogens with zero attached hydrogens (tertiary/aromatic N) is 1. The van der Waals surface area contributed by atoms with Gasteiger partial charge in [-0.15, -0.1) is 0 Å². The summed E-state index contributed by atoms with van der Waals surface area (Å²) in [6.07, 6.45) is 9.10. The van der Waals surface area contributed by atoms with Crippen LogP contribution in [0.5, 0.6) is 5.75 Å². The summed E-state index contributed by atoms with van der Waals surface area (Å²) in [5, 5.41) is 5.99. The van der Waals surface area contributed by atoms with Gasteiger partial charge >= 0.3 is 12.0 Å². The SMILES string of the molecule is COc1cc(CC(=O)N2C(CO[C@H]3CC[C@@H](C(=O)OC)CC3)CC3CCCCC32)ccc1NC(=O)Nc1ccccc1Cl. The Hall–Kier alpha value is -3.30. The molecule has 9 nitrogen and oxygen atoms in total. The van der Waals surface area contributed by atoms with Gasteiger partial charge in [-0.05, 0) is 80.7 Å². The van der Waals surface area contributed by atoms with Crippen LogP contribution in [0.1, 0.15) is 63.4 Å².